The van der Waals surface area contributed by atoms with E-state index in [0.717, 1.165) is 98.4 Å². The Kier molecular flexibility index (Phi) is 9.25. The van der Waals surface area contributed by atoms with E-state index in [4.69, 9.17) is 8.83 Å². The second-order valence-electron chi connectivity index (χ2n) is 19.5. The quantitative estimate of drug-likeness (QED) is 0.155. The fourth-order valence-electron chi connectivity index (χ4n) is 12.2. The predicted octanol–water partition coefficient (Wildman–Crippen LogP) is 19.9. The first-order valence-corrected chi connectivity index (χ1v) is 24.5. The molecule has 0 atom stereocenters. The maximum atomic E-state index is 17.3. The highest BCUT2D eigenvalue weighted by Gasteiger charge is 2.29. The van der Waals surface area contributed by atoms with Crippen LogP contribution in [-0.4, -0.2) is 0 Å². The topological polar surface area (TPSA) is 26.3 Å². The third-order valence-electron chi connectivity index (χ3n) is 15.3. The zero-order valence-electron chi connectivity index (χ0n) is 40.0. The summed E-state index contributed by atoms with van der Waals surface area (Å²) < 4.78 is 49.1. The van der Waals surface area contributed by atoms with Gasteiger partial charge in [-0.05, 0) is 177 Å². The van der Waals surface area contributed by atoms with Crippen molar-refractivity contribution in [3.05, 3.63) is 228 Å². The smallest absolute Gasteiger partial charge is 0.143 e. The van der Waals surface area contributed by atoms with Crippen LogP contribution in [0.25, 0.3) is 143 Å². The van der Waals surface area contributed by atoms with Gasteiger partial charge in [-0.25, -0.2) is 8.78 Å². The van der Waals surface area contributed by atoms with Crippen LogP contribution in [0.15, 0.2) is 203 Å². The molecule has 12 aromatic carbocycles. The van der Waals surface area contributed by atoms with Crippen LogP contribution < -0.4 is 0 Å². The van der Waals surface area contributed by atoms with Gasteiger partial charge in [0.25, 0.3) is 0 Å². The summed E-state index contributed by atoms with van der Waals surface area (Å²) >= 11 is 0. The van der Waals surface area contributed by atoms with E-state index in [2.05, 4.69) is 125 Å². The van der Waals surface area contributed by atoms with Gasteiger partial charge in [0.15, 0.2) is 0 Å². The molecule has 14 rings (SSSR count). The van der Waals surface area contributed by atoms with Crippen LogP contribution in [0.3, 0.4) is 0 Å². The zero-order chi connectivity index (χ0) is 48.5. The van der Waals surface area contributed by atoms with Crippen molar-refractivity contribution in [3.63, 3.8) is 0 Å². The fourth-order valence-corrected chi connectivity index (χ4v) is 12.2. The van der Waals surface area contributed by atoms with Crippen molar-refractivity contribution < 1.29 is 17.6 Å². The second kappa shape index (κ2) is 15.8. The standard InChI is InChI=1S/C68H44F2O2/c1-37-15-11-16-38(2)59(37)43-27-29-49-51-31-45-33-54(64-48(24-14-26-56(64)70)42-21-9-6-10-22-42)66-62-46(32-52-50-30-28-44(36-58(50)72-68(52)66)60-39(3)17-12-18-40(60)4)34-53(65(61(45)62)67(51)71-57(49)35-43)63-47(23-13-25-55(63)69)41-19-7-5-8-20-41/h5-36H,1-4H3. The Bertz CT molecular complexity index is 4220. The highest BCUT2D eigenvalue weighted by molar-refractivity contribution is 6.39. The van der Waals surface area contributed by atoms with Gasteiger partial charge < -0.3 is 8.83 Å². The maximum absolute atomic E-state index is 17.3. The van der Waals surface area contributed by atoms with Crippen LogP contribution in [0.2, 0.25) is 0 Å². The molecule has 0 aliphatic rings. The lowest BCUT2D eigenvalue weighted by atomic mass is 9.81. The van der Waals surface area contributed by atoms with E-state index in [1.165, 1.54) is 33.4 Å². The Labute approximate surface area is 414 Å². The minimum Gasteiger partial charge on any atom is -0.455 e. The van der Waals surface area contributed by atoms with E-state index in [9.17, 15) is 0 Å². The predicted molar refractivity (Wildman–Crippen MR) is 296 cm³/mol. The summed E-state index contributed by atoms with van der Waals surface area (Å²) in [5.41, 5.74) is 17.6. The molecule has 0 radical (unpaired) electrons. The molecule has 0 spiro atoms. The molecule has 0 aliphatic carbocycles. The zero-order valence-corrected chi connectivity index (χ0v) is 40.0. The fraction of sp³-hybridized carbons (Fsp3) is 0.0588. The van der Waals surface area contributed by atoms with Gasteiger partial charge in [0.1, 0.15) is 34.0 Å². The van der Waals surface area contributed by atoms with Crippen LogP contribution >= 0.6 is 0 Å². The van der Waals surface area contributed by atoms with E-state index < -0.39 is 0 Å². The van der Waals surface area contributed by atoms with Crippen molar-refractivity contribution in [1.29, 1.82) is 0 Å². The molecule has 4 heteroatoms. The van der Waals surface area contributed by atoms with Gasteiger partial charge in [0.05, 0.1) is 0 Å². The molecule has 72 heavy (non-hydrogen) atoms. The molecule has 0 N–H and O–H groups in total. The molecule has 2 nitrogen and oxygen atoms in total. The minimum atomic E-state index is -0.342. The maximum Gasteiger partial charge on any atom is 0.143 e. The van der Waals surface area contributed by atoms with E-state index >= 15 is 8.78 Å². The molecule has 342 valence electrons. The molecule has 0 bridgehead atoms. The highest BCUT2D eigenvalue weighted by Crippen LogP contribution is 2.54. The van der Waals surface area contributed by atoms with Gasteiger partial charge in [-0.2, -0.15) is 0 Å². The third kappa shape index (κ3) is 6.18. The summed E-state index contributed by atoms with van der Waals surface area (Å²) in [5.74, 6) is -0.685. The number of fused-ring (bicyclic) bond motifs is 8. The lowest BCUT2D eigenvalue weighted by Gasteiger charge is -2.21. The van der Waals surface area contributed by atoms with Crippen molar-refractivity contribution in [2.75, 3.05) is 0 Å². The lowest BCUT2D eigenvalue weighted by Crippen LogP contribution is -1.97. The van der Waals surface area contributed by atoms with Crippen molar-refractivity contribution in [1.82, 2.24) is 0 Å². The third-order valence-corrected chi connectivity index (χ3v) is 15.3. The molecule has 2 aromatic heterocycles. The van der Waals surface area contributed by atoms with Crippen LogP contribution in [-0.2, 0) is 0 Å². The number of furan rings is 2. The molecular weight excluding hydrogens is 887 g/mol. The summed E-state index contributed by atoms with van der Waals surface area (Å²) in [5, 5.41) is 8.74. The Morgan fingerprint density at radius 1 is 0.292 bits per heavy atom. The number of hydrogen-bond donors (Lipinski definition) is 0. The van der Waals surface area contributed by atoms with Crippen LogP contribution in [0.5, 0.6) is 0 Å². The molecule has 0 aliphatic heterocycles. The van der Waals surface area contributed by atoms with Crippen molar-refractivity contribution >= 4 is 76.2 Å². The first kappa shape index (κ1) is 42.1. The Balaban J connectivity index is 1.19. The summed E-state index contributed by atoms with van der Waals surface area (Å²) in [6.07, 6.45) is 0. The van der Waals surface area contributed by atoms with Gasteiger partial charge in [-0.3, -0.25) is 0 Å². The molecule has 0 unspecified atom stereocenters. The molecule has 0 saturated carbocycles. The van der Waals surface area contributed by atoms with E-state index in [0.29, 0.717) is 33.4 Å². The summed E-state index contributed by atoms with van der Waals surface area (Å²) in [6.45, 7) is 8.56. The number of aryl methyl sites for hydroxylation is 4. The average molecular weight is 931 g/mol. The van der Waals surface area contributed by atoms with Crippen LogP contribution in [0, 0.1) is 39.3 Å². The summed E-state index contributed by atoms with van der Waals surface area (Å²) in [7, 11) is 0. The minimum absolute atomic E-state index is 0.342. The summed E-state index contributed by atoms with van der Waals surface area (Å²) in [6, 6.07) is 65.0. The van der Waals surface area contributed by atoms with Gasteiger partial charge >= 0.3 is 0 Å². The molecule has 0 fully saturated rings. The van der Waals surface area contributed by atoms with Crippen LogP contribution in [0.4, 0.5) is 8.78 Å². The molecular formula is C68H44F2O2. The molecule has 0 saturated heterocycles. The summed E-state index contributed by atoms with van der Waals surface area (Å²) in [4.78, 5) is 0. The van der Waals surface area contributed by atoms with Gasteiger partial charge in [-0.15, -0.1) is 0 Å². The Morgan fingerprint density at radius 2 is 0.681 bits per heavy atom. The van der Waals surface area contributed by atoms with E-state index in [-0.39, 0.29) is 11.6 Å². The van der Waals surface area contributed by atoms with E-state index in [1.54, 1.807) is 24.3 Å². The Hall–Kier alpha value is -8.86. The number of hydrogen-bond acceptors (Lipinski definition) is 2. The second-order valence-corrected chi connectivity index (χ2v) is 19.5. The number of benzene rings is 12. The molecule has 14 aromatic rings. The van der Waals surface area contributed by atoms with Crippen molar-refractivity contribution in [3.8, 4) is 66.8 Å². The normalized spacial score (nSPS) is 12.0. The monoisotopic (exact) mass is 930 g/mol. The number of halogens is 2. The number of rotatable bonds is 6. The van der Waals surface area contributed by atoms with E-state index in [1.807, 2.05) is 72.8 Å². The lowest BCUT2D eigenvalue weighted by molar-refractivity contribution is 0.631. The van der Waals surface area contributed by atoms with Gasteiger partial charge in [0.2, 0.25) is 0 Å². The average Bonchev–Trinajstić information content (AvgIpc) is 3.95. The van der Waals surface area contributed by atoms with Crippen LogP contribution in [0.1, 0.15) is 22.3 Å². The first-order chi connectivity index (χ1) is 35.2. The highest BCUT2D eigenvalue weighted by atomic mass is 19.1. The first-order valence-electron chi connectivity index (χ1n) is 24.5. The van der Waals surface area contributed by atoms with Gasteiger partial charge in [0, 0.05) is 54.2 Å². The van der Waals surface area contributed by atoms with Crippen molar-refractivity contribution in [2.45, 2.75) is 27.7 Å². The molecule has 0 amide bonds. The van der Waals surface area contributed by atoms with Crippen molar-refractivity contribution in [2.24, 2.45) is 0 Å². The molecule has 2 heterocycles. The largest absolute Gasteiger partial charge is 0.455 e. The van der Waals surface area contributed by atoms with Gasteiger partial charge in [-0.1, -0.05) is 133 Å². The SMILES string of the molecule is Cc1cccc(C)c1-c1ccc2c(c1)oc1c2cc2cc(-c3c(F)cccc3-c3ccccc3)c3c4oc5cc(-c6c(C)cccc6C)ccc5c4cc4cc(-c5c(F)cccc5-c5ccccc5)c1c2c43. The Morgan fingerprint density at radius 3 is 1.08 bits per heavy atom.